The highest BCUT2D eigenvalue weighted by atomic mass is 19.1. The number of benzene rings is 2. The largest absolute Gasteiger partial charge is 0.463 e. The summed E-state index contributed by atoms with van der Waals surface area (Å²) in [6, 6.07) is 16.2. The zero-order valence-corrected chi connectivity index (χ0v) is 21.9. The summed E-state index contributed by atoms with van der Waals surface area (Å²) in [5, 5.41) is 3.34. The van der Waals surface area contributed by atoms with Gasteiger partial charge in [-0.1, -0.05) is 43.3 Å². The first kappa shape index (κ1) is 25.7. The van der Waals surface area contributed by atoms with E-state index in [4.69, 9.17) is 4.74 Å². The van der Waals surface area contributed by atoms with E-state index in [0.717, 1.165) is 5.56 Å². The molecule has 0 bridgehead atoms. The molecule has 0 amide bonds. The van der Waals surface area contributed by atoms with Gasteiger partial charge in [-0.2, -0.15) is 4.98 Å². The molecule has 38 heavy (non-hydrogen) atoms. The number of hydrogen-bond donors (Lipinski definition) is 1. The topological polar surface area (TPSA) is 79.7 Å². The third-order valence-electron chi connectivity index (χ3n) is 7.22. The average Bonchev–Trinajstić information content (AvgIpc) is 2.90. The summed E-state index contributed by atoms with van der Waals surface area (Å²) < 4.78 is 21.1. The SMILES string of the molecule is CCOC(=O)C1=C(C)Nc2c(c(N3CCN(Cc4ccccc4F)CC3)nc(=O)n2-c2ccccc2)C1C. The average molecular weight is 518 g/mol. The van der Waals surface area contributed by atoms with Crippen LogP contribution < -0.4 is 15.9 Å². The number of carbonyl (C=O) groups is 1. The molecule has 0 spiro atoms. The van der Waals surface area contributed by atoms with E-state index >= 15 is 0 Å². The summed E-state index contributed by atoms with van der Waals surface area (Å²) in [5.74, 6) is 0.243. The number of halogens is 1. The second kappa shape index (κ2) is 10.8. The summed E-state index contributed by atoms with van der Waals surface area (Å²) in [6.45, 7) is 8.97. The molecule has 1 saturated heterocycles. The highest BCUT2D eigenvalue weighted by Gasteiger charge is 2.36. The van der Waals surface area contributed by atoms with E-state index in [1.54, 1.807) is 17.6 Å². The van der Waals surface area contributed by atoms with Gasteiger partial charge in [0.15, 0.2) is 0 Å². The molecule has 1 aromatic heterocycles. The Bertz CT molecular complexity index is 1430. The fourth-order valence-corrected chi connectivity index (χ4v) is 5.34. The minimum absolute atomic E-state index is 0.205. The van der Waals surface area contributed by atoms with Crippen molar-refractivity contribution < 1.29 is 13.9 Å². The molecule has 1 N–H and O–H groups in total. The summed E-state index contributed by atoms with van der Waals surface area (Å²) in [5.41, 5.74) is 2.92. The molecule has 1 unspecified atom stereocenters. The Morgan fingerprint density at radius 3 is 2.45 bits per heavy atom. The van der Waals surface area contributed by atoms with Crippen molar-refractivity contribution in [2.24, 2.45) is 0 Å². The van der Waals surface area contributed by atoms with E-state index in [9.17, 15) is 14.0 Å². The molecule has 2 aliphatic heterocycles. The number of aromatic nitrogens is 2. The van der Waals surface area contributed by atoms with Crippen LogP contribution in [0, 0.1) is 5.82 Å². The van der Waals surface area contributed by atoms with E-state index < -0.39 is 5.69 Å². The fourth-order valence-electron chi connectivity index (χ4n) is 5.34. The third-order valence-corrected chi connectivity index (χ3v) is 7.22. The van der Waals surface area contributed by atoms with Gasteiger partial charge in [0.05, 0.1) is 17.9 Å². The van der Waals surface area contributed by atoms with Crippen LogP contribution in [0.25, 0.3) is 5.69 Å². The standard InChI is InChI=1S/C29H32FN5O3/c1-4-38-28(36)24-19(2)25-26(34-16-14-33(15-17-34)18-21-10-8-9-13-23(21)30)32-29(37)35(27(25)31-20(24)3)22-11-6-5-7-12-22/h5-13,19,31H,4,14-18H2,1-3H3. The van der Waals surface area contributed by atoms with Gasteiger partial charge in [-0.05, 0) is 32.0 Å². The molecule has 198 valence electrons. The molecule has 9 heteroatoms. The van der Waals surface area contributed by atoms with Crippen molar-refractivity contribution in [1.82, 2.24) is 14.5 Å². The van der Waals surface area contributed by atoms with Gasteiger partial charge >= 0.3 is 11.7 Å². The molecule has 0 aliphatic carbocycles. The van der Waals surface area contributed by atoms with Crippen LogP contribution in [0.4, 0.5) is 16.0 Å². The summed E-state index contributed by atoms with van der Waals surface area (Å²) in [4.78, 5) is 35.2. The number of allylic oxidation sites excluding steroid dienone is 1. The number of esters is 1. The van der Waals surface area contributed by atoms with Crippen LogP contribution in [0.3, 0.4) is 0 Å². The lowest BCUT2D eigenvalue weighted by Gasteiger charge is -2.38. The number of anilines is 2. The van der Waals surface area contributed by atoms with E-state index in [2.05, 4.69) is 20.1 Å². The molecule has 5 rings (SSSR count). The Morgan fingerprint density at radius 1 is 1.08 bits per heavy atom. The monoisotopic (exact) mass is 517 g/mol. The molecule has 3 heterocycles. The van der Waals surface area contributed by atoms with Gasteiger partial charge in [0.25, 0.3) is 0 Å². The van der Waals surface area contributed by atoms with E-state index in [1.165, 1.54) is 6.07 Å². The zero-order chi connectivity index (χ0) is 26.8. The predicted octanol–water partition coefficient (Wildman–Crippen LogP) is 4.06. The summed E-state index contributed by atoms with van der Waals surface area (Å²) in [6.07, 6.45) is 0. The first-order valence-corrected chi connectivity index (χ1v) is 13.0. The Balaban J connectivity index is 1.51. The second-order valence-corrected chi connectivity index (χ2v) is 9.61. The number of piperazine rings is 1. The number of nitrogens with zero attached hydrogens (tertiary/aromatic N) is 4. The number of nitrogens with one attached hydrogen (secondary N) is 1. The summed E-state index contributed by atoms with van der Waals surface area (Å²) >= 11 is 0. The number of para-hydroxylation sites is 1. The van der Waals surface area contributed by atoms with Gasteiger partial charge in [0.1, 0.15) is 17.5 Å². The Hall–Kier alpha value is -3.98. The molecular formula is C29H32FN5O3. The molecule has 3 aromatic rings. The number of carbonyl (C=O) groups excluding carboxylic acids is 1. The van der Waals surface area contributed by atoms with Crippen LogP contribution in [-0.2, 0) is 16.1 Å². The number of rotatable bonds is 6. The van der Waals surface area contributed by atoms with Gasteiger partial charge < -0.3 is 15.0 Å². The maximum Gasteiger partial charge on any atom is 0.355 e. The van der Waals surface area contributed by atoms with Crippen LogP contribution in [0.2, 0.25) is 0 Å². The molecule has 2 aromatic carbocycles. The van der Waals surface area contributed by atoms with Crippen LogP contribution in [0.5, 0.6) is 0 Å². The van der Waals surface area contributed by atoms with Gasteiger partial charge in [-0.3, -0.25) is 4.90 Å². The van der Waals surface area contributed by atoms with Crippen LogP contribution in [-0.4, -0.2) is 53.2 Å². The Labute approximate surface area is 221 Å². The molecule has 0 radical (unpaired) electrons. The molecule has 8 nitrogen and oxygen atoms in total. The summed E-state index contributed by atoms with van der Waals surface area (Å²) in [7, 11) is 0. The van der Waals surface area contributed by atoms with Crippen molar-refractivity contribution in [2.75, 3.05) is 43.0 Å². The van der Waals surface area contributed by atoms with Crippen molar-refractivity contribution in [3.05, 3.63) is 93.3 Å². The lowest BCUT2D eigenvalue weighted by molar-refractivity contribution is -0.138. The van der Waals surface area contributed by atoms with Crippen molar-refractivity contribution >= 4 is 17.6 Å². The van der Waals surface area contributed by atoms with Crippen molar-refractivity contribution in [3.63, 3.8) is 0 Å². The molecular weight excluding hydrogens is 485 g/mol. The van der Waals surface area contributed by atoms with Gasteiger partial charge in [0, 0.05) is 55.5 Å². The second-order valence-electron chi connectivity index (χ2n) is 9.61. The quantitative estimate of drug-likeness (QED) is 0.494. The van der Waals surface area contributed by atoms with E-state index in [-0.39, 0.29) is 24.3 Å². The lowest BCUT2D eigenvalue weighted by atomic mass is 9.88. The van der Waals surface area contributed by atoms with Gasteiger partial charge in [-0.15, -0.1) is 0 Å². The minimum Gasteiger partial charge on any atom is -0.463 e. The zero-order valence-electron chi connectivity index (χ0n) is 21.9. The van der Waals surface area contributed by atoms with Crippen molar-refractivity contribution in [2.45, 2.75) is 33.2 Å². The van der Waals surface area contributed by atoms with Gasteiger partial charge in [-0.25, -0.2) is 18.5 Å². The minimum atomic E-state index is -0.397. The van der Waals surface area contributed by atoms with E-state index in [0.29, 0.717) is 66.9 Å². The lowest BCUT2D eigenvalue weighted by Crippen LogP contribution is -2.47. The highest BCUT2D eigenvalue weighted by molar-refractivity contribution is 5.94. The van der Waals surface area contributed by atoms with Crippen LogP contribution in [0.15, 0.2) is 70.7 Å². The highest BCUT2D eigenvalue weighted by Crippen LogP contribution is 2.42. The Morgan fingerprint density at radius 2 is 1.76 bits per heavy atom. The first-order valence-electron chi connectivity index (χ1n) is 13.0. The molecule has 0 saturated carbocycles. The maximum atomic E-state index is 14.2. The molecule has 1 atom stereocenters. The number of hydrogen-bond acceptors (Lipinski definition) is 7. The maximum absolute atomic E-state index is 14.2. The smallest absolute Gasteiger partial charge is 0.355 e. The van der Waals surface area contributed by atoms with E-state index in [1.807, 2.05) is 56.3 Å². The molecule has 2 aliphatic rings. The number of fused-ring (bicyclic) bond motifs is 1. The van der Waals surface area contributed by atoms with Gasteiger partial charge in [0.2, 0.25) is 0 Å². The third kappa shape index (κ3) is 4.81. The Kier molecular flexibility index (Phi) is 7.28. The first-order chi connectivity index (χ1) is 18.4. The fraction of sp³-hybridized carbons (Fsp3) is 0.345. The normalized spacial score (nSPS) is 17.7. The van der Waals surface area contributed by atoms with Crippen molar-refractivity contribution in [1.29, 1.82) is 0 Å². The number of ether oxygens (including phenoxy) is 1. The van der Waals surface area contributed by atoms with Crippen LogP contribution >= 0.6 is 0 Å². The van der Waals surface area contributed by atoms with Crippen LogP contribution in [0.1, 0.15) is 37.8 Å². The van der Waals surface area contributed by atoms with Crippen molar-refractivity contribution in [3.8, 4) is 5.69 Å². The predicted molar refractivity (Wildman–Crippen MR) is 145 cm³/mol. The molecule has 1 fully saturated rings.